The molecule has 2 aromatic rings. The molecular formula is C12H14N4O2. The third-order valence-corrected chi connectivity index (χ3v) is 2.21. The lowest BCUT2D eigenvalue weighted by molar-refractivity contribution is -0.132. The molecule has 0 N–H and O–H groups in total. The summed E-state index contributed by atoms with van der Waals surface area (Å²) in [5.74, 6) is 0.322. The largest absolute Gasteiger partial charge is 0.407 e. The van der Waals surface area contributed by atoms with Gasteiger partial charge in [-0.25, -0.2) is 9.97 Å². The van der Waals surface area contributed by atoms with Crippen LogP contribution < -0.4 is 4.74 Å². The zero-order valence-corrected chi connectivity index (χ0v) is 10.8. The lowest BCUT2D eigenvalue weighted by Gasteiger charge is -2.06. The van der Waals surface area contributed by atoms with Crippen molar-refractivity contribution in [3.63, 3.8) is 0 Å². The first-order valence-electron chi connectivity index (χ1n) is 5.53. The van der Waals surface area contributed by atoms with Crippen molar-refractivity contribution in [2.45, 2.75) is 27.7 Å². The molecule has 0 bridgehead atoms. The van der Waals surface area contributed by atoms with Gasteiger partial charge in [0.05, 0.1) is 5.69 Å². The Morgan fingerprint density at radius 2 is 1.72 bits per heavy atom. The maximum Gasteiger partial charge on any atom is 0.309 e. The van der Waals surface area contributed by atoms with E-state index in [4.69, 9.17) is 4.74 Å². The maximum absolute atomic E-state index is 11.0. The summed E-state index contributed by atoms with van der Waals surface area (Å²) in [7, 11) is 0. The van der Waals surface area contributed by atoms with Crippen molar-refractivity contribution < 1.29 is 9.53 Å². The standard InChI is InChI=1S/C12H14N4O2/c1-7-5-8(2)14-12(13-7)16-11(18-10(4)17)6-9(3)15-16/h5-6H,1-4H3. The van der Waals surface area contributed by atoms with Crippen LogP contribution in [0.15, 0.2) is 12.1 Å². The molecule has 0 aliphatic heterocycles. The highest BCUT2D eigenvalue weighted by Crippen LogP contribution is 2.17. The van der Waals surface area contributed by atoms with Gasteiger partial charge in [-0.3, -0.25) is 4.79 Å². The number of esters is 1. The Hall–Kier alpha value is -2.24. The van der Waals surface area contributed by atoms with Gasteiger partial charge in [0, 0.05) is 24.4 Å². The van der Waals surface area contributed by atoms with Crippen LogP contribution in [0.3, 0.4) is 0 Å². The lowest BCUT2D eigenvalue weighted by atomic mass is 10.4. The van der Waals surface area contributed by atoms with Crippen LogP contribution in [0.4, 0.5) is 0 Å². The Labute approximate surface area is 105 Å². The predicted molar refractivity (Wildman–Crippen MR) is 64.7 cm³/mol. The van der Waals surface area contributed by atoms with Gasteiger partial charge in [-0.15, -0.1) is 0 Å². The van der Waals surface area contributed by atoms with Gasteiger partial charge in [0.25, 0.3) is 5.95 Å². The third kappa shape index (κ3) is 2.53. The number of hydrogen-bond acceptors (Lipinski definition) is 5. The van der Waals surface area contributed by atoms with E-state index in [-0.39, 0.29) is 0 Å². The van der Waals surface area contributed by atoms with Crippen LogP contribution in [0.1, 0.15) is 24.0 Å². The van der Waals surface area contributed by atoms with Gasteiger partial charge < -0.3 is 4.74 Å². The number of carbonyl (C=O) groups is 1. The van der Waals surface area contributed by atoms with E-state index in [1.54, 1.807) is 6.07 Å². The molecule has 0 aromatic carbocycles. The van der Waals surface area contributed by atoms with E-state index in [9.17, 15) is 4.79 Å². The Balaban J connectivity index is 2.52. The Morgan fingerprint density at radius 1 is 1.11 bits per heavy atom. The summed E-state index contributed by atoms with van der Waals surface area (Å²) >= 11 is 0. The van der Waals surface area contributed by atoms with Crippen LogP contribution >= 0.6 is 0 Å². The van der Waals surface area contributed by atoms with Crippen LogP contribution in [0.5, 0.6) is 5.88 Å². The van der Waals surface area contributed by atoms with Crippen molar-refractivity contribution in [1.82, 2.24) is 19.7 Å². The topological polar surface area (TPSA) is 69.9 Å². The number of rotatable bonds is 2. The van der Waals surface area contributed by atoms with Crippen LogP contribution in [0.2, 0.25) is 0 Å². The van der Waals surface area contributed by atoms with E-state index in [1.807, 2.05) is 26.8 Å². The van der Waals surface area contributed by atoms with E-state index in [0.717, 1.165) is 17.1 Å². The molecule has 0 amide bonds. The maximum atomic E-state index is 11.0. The van der Waals surface area contributed by atoms with E-state index in [0.29, 0.717) is 11.8 Å². The summed E-state index contributed by atoms with van der Waals surface area (Å²) in [6, 6.07) is 3.54. The molecule has 0 radical (unpaired) electrons. The van der Waals surface area contributed by atoms with Crippen molar-refractivity contribution in [2.24, 2.45) is 0 Å². The van der Waals surface area contributed by atoms with Gasteiger partial charge in [-0.2, -0.15) is 9.78 Å². The zero-order valence-electron chi connectivity index (χ0n) is 10.8. The summed E-state index contributed by atoms with van der Waals surface area (Å²) in [6.45, 7) is 6.90. The normalized spacial score (nSPS) is 10.4. The first-order chi connectivity index (χ1) is 8.45. The number of aryl methyl sites for hydroxylation is 3. The van der Waals surface area contributed by atoms with Crippen molar-refractivity contribution in [2.75, 3.05) is 0 Å². The molecule has 0 unspecified atom stereocenters. The van der Waals surface area contributed by atoms with Crippen LogP contribution in [-0.2, 0) is 4.79 Å². The van der Waals surface area contributed by atoms with Gasteiger partial charge in [0.1, 0.15) is 0 Å². The quantitative estimate of drug-likeness (QED) is 0.751. The fraction of sp³-hybridized carbons (Fsp3) is 0.333. The average molecular weight is 246 g/mol. The van der Waals surface area contributed by atoms with Gasteiger partial charge in [-0.1, -0.05) is 0 Å². The van der Waals surface area contributed by atoms with Crippen molar-refractivity contribution in [1.29, 1.82) is 0 Å². The Kier molecular flexibility index (Phi) is 3.10. The highest BCUT2D eigenvalue weighted by molar-refractivity contribution is 5.68. The van der Waals surface area contributed by atoms with E-state index >= 15 is 0 Å². The molecule has 2 rings (SSSR count). The molecule has 0 aliphatic rings. The molecule has 0 spiro atoms. The minimum atomic E-state index is -0.402. The van der Waals surface area contributed by atoms with Gasteiger partial charge >= 0.3 is 5.97 Å². The first-order valence-corrected chi connectivity index (χ1v) is 5.53. The molecule has 18 heavy (non-hydrogen) atoms. The molecule has 0 atom stereocenters. The highest BCUT2D eigenvalue weighted by Gasteiger charge is 2.13. The molecule has 94 valence electrons. The summed E-state index contributed by atoms with van der Waals surface area (Å²) in [4.78, 5) is 19.6. The summed E-state index contributed by atoms with van der Waals surface area (Å²) < 4.78 is 6.51. The van der Waals surface area contributed by atoms with Crippen LogP contribution in [0, 0.1) is 20.8 Å². The second kappa shape index (κ2) is 4.56. The van der Waals surface area contributed by atoms with E-state index < -0.39 is 5.97 Å². The van der Waals surface area contributed by atoms with E-state index in [2.05, 4.69) is 15.1 Å². The predicted octanol–water partition coefficient (Wildman–Crippen LogP) is 1.51. The second-order valence-corrected chi connectivity index (χ2v) is 4.08. The SMILES string of the molecule is CC(=O)Oc1cc(C)nn1-c1nc(C)cc(C)n1. The molecule has 0 aliphatic carbocycles. The highest BCUT2D eigenvalue weighted by atomic mass is 16.5. The fourth-order valence-corrected chi connectivity index (χ4v) is 1.64. The first kappa shape index (κ1) is 12.2. The zero-order chi connectivity index (χ0) is 13.3. The molecule has 0 saturated heterocycles. The molecule has 2 heterocycles. The number of carbonyl (C=O) groups excluding carboxylic acids is 1. The van der Waals surface area contributed by atoms with Crippen LogP contribution in [0.25, 0.3) is 5.95 Å². The number of nitrogens with zero attached hydrogens (tertiary/aromatic N) is 4. The summed E-state index contributed by atoms with van der Waals surface area (Å²) in [5.41, 5.74) is 2.40. The van der Waals surface area contributed by atoms with Crippen molar-refractivity contribution in [3.8, 4) is 11.8 Å². The molecule has 0 fully saturated rings. The number of ether oxygens (including phenoxy) is 1. The Morgan fingerprint density at radius 3 is 2.28 bits per heavy atom. The summed E-state index contributed by atoms with van der Waals surface area (Å²) in [5, 5.41) is 4.23. The summed E-state index contributed by atoms with van der Waals surface area (Å²) in [6.07, 6.45) is 0. The van der Waals surface area contributed by atoms with Crippen LogP contribution in [-0.4, -0.2) is 25.7 Å². The number of aromatic nitrogens is 4. The molecular weight excluding hydrogens is 232 g/mol. The third-order valence-electron chi connectivity index (χ3n) is 2.21. The smallest absolute Gasteiger partial charge is 0.309 e. The van der Waals surface area contributed by atoms with Crippen molar-refractivity contribution >= 4 is 5.97 Å². The van der Waals surface area contributed by atoms with E-state index in [1.165, 1.54) is 11.6 Å². The molecule has 0 saturated carbocycles. The number of hydrogen-bond donors (Lipinski definition) is 0. The molecule has 6 heteroatoms. The van der Waals surface area contributed by atoms with Crippen molar-refractivity contribution in [3.05, 3.63) is 29.2 Å². The monoisotopic (exact) mass is 246 g/mol. The van der Waals surface area contributed by atoms with Gasteiger partial charge in [-0.05, 0) is 26.8 Å². The lowest BCUT2D eigenvalue weighted by Crippen LogP contribution is -2.10. The van der Waals surface area contributed by atoms with Gasteiger partial charge in [0.2, 0.25) is 5.88 Å². The molecule has 2 aromatic heterocycles. The Bertz CT molecular complexity index is 584. The fourth-order valence-electron chi connectivity index (χ4n) is 1.64. The minimum absolute atomic E-state index is 0.324. The molecule has 6 nitrogen and oxygen atoms in total. The average Bonchev–Trinajstić information content (AvgIpc) is 2.56. The second-order valence-electron chi connectivity index (χ2n) is 4.08. The van der Waals surface area contributed by atoms with Gasteiger partial charge in [0.15, 0.2) is 0 Å². The minimum Gasteiger partial charge on any atom is -0.407 e.